The molecule has 3 rings (SSSR count). The smallest absolute Gasteiger partial charge is 0.408 e. The molecular formula is C35H41N3O8. The highest BCUT2D eigenvalue weighted by Gasteiger charge is 2.32. The van der Waals surface area contributed by atoms with E-state index in [1.165, 1.54) is 6.92 Å². The van der Waals surface area contributed by atoms with Gasteiger partial charge in [0.2, 0.25) is 11.8 Å². The van der Waals surface area contributed by atoms with Crippen molar-refractivity contribution in [2.45, 2.75) is 77.5 Å². The molecule has 0 radical (unpaired) electrons. The van der Waals surface area contributed by atoms with E-state index < -0.39 is 60.0 Å². The van der Waals surface area contributed by atoms with Crippen molar-refractivity contribution in [1.82, 2.24) is 16.0 Å². The molecule has 11 heteroatoms. The first-order chi connectivity index (χ1) is 21.9. The van der Waals surface area contributed by atoms with Gasteiger partial charge in [0.15, 0.2) is 0 Å². The number of esters is 2. The number of carbonyl (C=O) groups excluding carboxylic acids is 5. The summed E-state index contributed by atoms with van der Waals surface area (Å²) in [5, 5.41) is 7.56. The number of carbonyl (C=O) groups is 5. The maximum Gasteiger partial charge on any atom is 0.408 e. The second-order valence-electron chi connectivity index (χ2n) is 11.6. The van der Waals surface area contributed by atoms with Crippen LogP contribution in [-0.4, -0.2) is 53.6 Å². The van der Waals surface area contributed by atoms with E-state index in [9.17, 15) is 24.0 Å². The van der Waals surface area contributed by atoms with E-state index in [0.717, 1.165) is 16.7 Å². The Balaban J connectivity index is 1.76. The highest BCUT2D eigenvalue weighted by atomic mass is 16.6. The minimum atomic E-state index is -1.45. The molecule has 0 unspecified atom stereocenters. The van der Waals surface area contributed by atoms with E-state index >= 15 is 0 Å². The Labute approximate surface area is 269 Å². The minimum Gasteiger partial charge on any atom is -0.461 e. The lowest BCUT2D eigenvalue weighted by Gasteiger charge is -2.25. The number of nitrogens with one attached hydrogen (secondary N) is 3. The van der Waals surface area contributed by atoms with E-state index in [1.54, 1.807) is 81.4 Å². The Bertz CT molecular complexity index is 1440. The van der Waals surface area contributed by atoms with Crippen molar-refractivity contribution in [3.05, 3.63) is 108 Å². The molecule has 0 aromatic heterocycles. The molecule has 0 saturated carbocycles. The predicted octanol–water partition coefficient (Wildman–Crippen LogP) is 3.99. The predicted molar refractivity (Wildman–Crippen MR) is 170 cm³/mol. The molecule has 0 aliphatic heterocycles. The number of ether oxygens (including phenoxy) is 3. The van der Waals surface area contributed by atoms with E-state index in [1.807, 2.05) is 30.3 Å². The fourth-order valence-corrected chi connectivity index (χ4v) is 4.16. The van der Waals surface area contributed by atoms with Crippen LogP contribution < -0.4 is 16.0 Å². The summed E-state index contributed by atoms with van der Waals surface area (Å²) in [7, 11) is 0. The van der Waals surface area contributed by atoms with Crippen molar-refractivity contribution in [3.8, 4) is 0 Å². The number of benzene rings is 3. The molecule has 3 aromatic carbocycles. The first kappa shape index (κ1) is 35.3. The lowest BCUT2D eigenvalue weighted by molar-refractivity contribution is -0.150. The second-order valence-corrected chi connectivity index (χ2v) is 11.6. The van der Waals surface area contributed by atoms with Crippen molar-refractivity contribution < 1.29 is 38.2 Å². The Kier molecular flexibility index (Phi) is 13.3. The zero-order valence-electron chi connectivity index (χ0n) is 26.5. The van der Waals surface area contributed by atoms with Gasteiger partial charge >= 0.3 is 18.0 Å². The van der Waals surface area contributed by atoms with Gasteiger partial charge in [0, 0.05) is 6.42 Å². The molecule has 0 aliphatic carbocycles. The van der Waals surface area contributed by atoms with Crippen molar-refractivity contribution in [2.75, 3.05) is 0 Å². The van der Waals surface area contributed by atoms with Crippen LogP contribution in [0.2, 0.25) is 0 Å². The maximum absolute atomic E-state index is 13.6. The summed E-state index contributed by atoms with van der Waals surface area (Å²) in [4.78, 5) is 65.1. The van der Waals surface area contributed by atoms with Crippen LogP contribution in [-0.2, 0) is 53.0 Å². The number of alkyl carbamates (subject to hydrolysis) is 1. The van der Waals surface area contributed by atoms with Crippen molar-refractivity contribution in [3.63, 3.8) is 0 Å². The largest absolute Gasteiger partial charge is 0.461 e. The van der Waals surface area contributed by atoms with Crippen LogP contribution in [0.4, 0.5) is 4.79 Å². The summed E-state index contributed by atoms with van der Waals surface area (Å²) in [6.07, 6.45) is -1.28. The van der Waals surface area contributed by atoms with Gasteiger partial charge in [-0.15, -0.1) is 0 Å². The standard InChI is InChI=1S/C35H41N3O8/c1-24(36-34(43)46-35(2,3)4)31(40)37-28(21-30(39)44-22-26-16-10-6-11-17-26)32(41)38-29(20-25-14-8-5-9-15-25)33(42)45-23-27-18-12-7-13-19-27/h5-19,24,28-29H,20-23H2,1-4H3,(H,36,43)(H,37,40)(H,38,41)/t24-,28-,29-/m0/s1. The average Bonchev–Trinajstić information content (AvgIpc) is 3.02. The van der Waals surface area contributed by atoms with Crippen molar-refractivity contribution in [2.24, 2.45) is 0 Å². The number of rotatable bonds is 14. The summed E-state index contributed by atoms with van der Waals surface area (Å²) in [6.45, 7) is 6.38. The molecule has 0 fully saturated rings. The van der Waals surface area contributed by atoms with Gasteiger partial charge in [-0.05, 0) is 44.4 Å². The average molecular weight is 632 g/mol. The fraction of sp³-hybridized carbons (Fsp3) is 0.343. The van der Waals surface area contributed by atoms with Gasteiger partial charge in [0.1, 0.15) is 36.9 Å². The zero-order valence-corrected chi connectivity index (χ0v) is 26.5. The Morgan fingerprint density at radius 2 is 1.11 bits per heavy atom. The third kappa shape index (κ3) is 12.8. The minimum absolute atomic E-state index is 0.0132. The Hall–Kier alpha value is -5.19. The van der Waals surface area contributed by atoms with Gasteiger partial charge in [0.25, 0.3) is 0 Å². The van der Waals surface area contributed by atoms with Crippen molar-refractivity contribution >= 4 is 29.8 Å². The third-order valence-corrected chi connectivity index (χ3v) is 6.48. The van der Waals surface area contributed by atoms with Gasteiger partial charge in [-0.25, -0.2) is 9.59 Å². The summed E-state index contributed by atoms with van der Waals surface area (Å²) < 4.78 is 16.1. The SMILES string of the molecule is C[C@H](NC(=O)OC(C)(C)C)C(=O)N[C@@H](CC(=O)OCc1ccccc1)C(=O)N[C@@H](Cc1ccccc1)C(=O)OCc1ccccc1. The Morgan fingerprint density at radius 3 is 1.63 bits per heavy atom. The van der Waals surface area contributed by atoms with Crippen LogP contribution in [0.25, 0.3) is 0 Å². The monoisotopic (exact) mass is 631 g/mol. The molecule has 46 heavy (non-hydrogen) atoms. The quantitative estimate of drug-likeness (QED) is 0.179. The van der Waals surface area contributed by atoms with Crippen LogP contribution in [0.15, 0.2) is 91.0 Å². The fourth-order valence-electron chi connectivity index (χ4n) is 4.16. The van der Waals surface area contributed by atoms with E-state index in [4.69, 9.17) is 14.2 Å². The number of amides is 3. The van der Waals surface area contributed by atoms with Gasteiger partial charge in [-0.3, -0.25) is 14.4 Å². The lowest BCUT2D eigenvalue weighted by Crippen LogP contribution is -2.56. The highest BCUT2D eigenvalue weighted by Crippen LogP contribution is 2.10. The van der Waals surface area contributed by atoms with E-state index in [2.05, 4.69) is 16.0 Å². The Morgan fingerprint density at radius 1 is 0.630 bits per heavy atom. The molecular weight excluding hydrogens is 590 g/mol. The first-order valence-electron chi connectivity index (χ1n) is 14.9. The zero-order chi connectivity index (χ0) is 33.5. The maximum atomic E-state index is 13.6. The lowest BCUT2D eigenvalue weighted by atomic mass is 10.0. The van der Waals surface area contributed by atoms with E-state index in [-0.39, 0.29) is 19.6 Å². The van der Waals surface area contributed by atoms with Crippen LogP contribution in [0.5, 0.6) is 0 Å². The van der Waals surface area contributed by atoms with Crippen molar-refractivity contribution in [1.29, 1.82) is 0 Å². The van der Waals surface area contributed by atoms with Crippen LogP contribution in [0.3, 0.4) is 0 Å². The molecule has 0 bridgehead atoms. The number of hydrogen-bond donors (Lipinski definition) is 3. The van der Waals surface area contributed by atoms with Gasteiger partial charge in [0.05, 0.1) is 6.42 Å². The molecule has 3 aromatic rings. The van der Waals surface area contributed by atoms with Gasteiger partial charge < -0.3 is 30.2 Å². The molecule has 0 saturated heterocycles. The van der Waals surface area contributed by atoms with Gasteiger partial charge in [-0.1, -0.05) is 91.0 Å². The second kappa shape index (κ2) is 17.3. The number of hydrogen-bond acceptors (Lipinski definition) is 8. The molecule has 0 spiro atoms. The van der Waals surface area contributed by atoms with Crippen LogP contribution >= 0.6 is 0 Å². The van der Waals surface area contributed by atoms with Gasteiger partial charge in [-0.2, -0.15) is 0 Å². The van der Waals surface area contributed by atoms with Crippen LogP contribution in [0.1, 0.15) is 50.8 Å². The van der Waals surface area contributed by atoms with Crippen LogP contribution in [0, 0.1) is 0 Å². The first-order valence-corrected chi connectivity index (χ1v) is 14.9. The van der Waals surface area contributed by atoms with E-state index in [0.29, 0.717) is 0 Å². The summed E-state index contributed by atoms with van der Waals surface area (Å²) >= 11 is 0. The molecule has 11 nitrogen and oxygen atoms in total. The molecule has 0 heterocycles. The third-order valence-electron chi connectivity index (χ3n) is 6.48. The molecule has 3 atom stereocenters. The normalized spacial score (nSPS) is 12.9. The summed E-state index contributed by atoms with van der Waals surface area (Å²) in [5.74, 6) is -3.03. The topological polar surface area (TPSA) is 149 Å². The summed E-state index contributed by atoms with van der Waals surface area (Å²) in [5.41, 5.74) is 1.45. The molecule has 244 valence electrons. The molecule has 3 amide bonds. The molecule has 3 N–H and O–H groups in total. The summed E-state index contributed by atoms with van der Waals surface area (Å²) in [6, 6.07) is 23.3. The molecule has 0 aliphatic rings. The highest BCUT2D eigenvalue weighted by molar-refractivity contribution is 5.95.